The van der Waals surface area contributed by atoms with Crippen molar-refractivity contribution < 1.29 is 0 Å². The number of hydrogen-bond donors (Lipinski definition) is 1. The predicted octanol–water partition coefficient (Wildman–Crippen LogP) is 3.87. The van der Waals surface area contributed by atoms with Gasteiger partial charge in [0.05, 0.1) is 11.6 Å². The summed E-state index contributed by atoms with van der Waals surface area (Å²) >= 11 is 1.83. The molecule has 0 radical (unpaired) electrons. The van der Waals surface area contributed by atoms with Crippen LogP contribution in [-0.4, -0.2) is 20.8 Å². The predicted molar refractivity (Wildman–Crippen MR) is 85.5 cm³/mol. The number of fused-ring (bicyclic) bond motifs is 1. The molecule has 2 rings (SSSR count). The zero-order valence-electron chi connectivity index (χ0n) is 11.4. The van der Waals surface area contributed by atoms with E-state index in [0.717, 1.165) is 24.4 Å². The fourth-order valence-electron chi connectivity index (χ4n) is 1.74. The van der Waals surface area contributed by atoms with Gasteiger partial charge in [-0.25, -0.2) is 4.98 Å². The summed E-state index contributed by atoms with van der Waals surface area (Å²) in [5, 5.41) is 2.40. The van der Waals surface area contributed by atoms with E-state index in [2.05, 4.69) is 47.7 Å². The van der Waals surface area contributed by atoms with Gasteiger partial charge in [-0.15, -0.1) is 24.6 Å². The van der Waals surface area contributed by atoms with Crippen molar-refractivity contribution in [1.82, 2.24) is 9.97 Å². The zero-order chi connectivity index (χ0) is 14.1. The molecule has 0 atom stereocenters. The molecular formula is C15H19N3S. The Morgan fingerprint density at radius 2 is 2.21 bits per heavy atom. The van der Waals surface area contributed by atoms with Crippen LogP contribution in [0.1, 0.15) is 25.8 Å². The molecule has 0 saturated heterocycles. The van der Waals surface area contributed by atoms with Crippen molar-refractivity contribution in [2.24, 2.45) is 4.99 Å². The summed E-state index contributed by atoms with van der Waals surface area (Å²) in [5.41, 5.74) is 2.16. The van der Waals surface area contributed by atoms with Crippen LogP contribution >= 0.6 is 11.8 Å². The van der Waals surface area contributed by atoms with E-state index < -0.39 is 0 Å². The van der Waals surface area contributed by atoms with Crippen LogP contribution in [0.25, 0.3) is 11.0 Å². The molecule has 19 heavy (non-hydrogen) atoms. The van der Waals surface area contributed by atoms with Gasteiger partial charge in [-0.2, -0.15) is 0 Å². The summed E-state index contributed by atoms with van der Waals surface area (Å²) in [6.07, 6.45) is 12.8. The van der Waals surface area contributed by atoms with E-state index in [4.69, 9.17) is 0 Å². The molecule has 4 heteroatoms. The molecule has 100 valence electrons. The highest BCUT2D eigenvalue weighted by Gasteiger charge is 2.03. The molecule has 0 amide bonds. The summed E-state index contributed by atoms with van der Waals surface area (Å²) in [4.78, 5) is 12.1. The Hall–Kier alpha value is -1.73. The molecule has 0 unspecified atom stereocenters. The molecular weight excluding hydrogens is 254 g/mol. The number of thioether (sulfide) groups is 1. The van der Waals surface area contributed by atoms with Gasteiger partial charge >= 0.3 is 0 Å². The van der Waals surface area contributed by atoms with E-state index in [9.17, 15) is 0 Å². The topological polar surface area (TPSA) is 41.0 Å². The maximum absolute atomic E-state index is 4.66. The van der Waals surface area contributed by atoms with Crippen molar-refractivity contribution >= 4 is 27.8 Å². The molecule has 0 bridgehead atoms. The Morgan fingerprint density at radius 1 is 1.42 bits per heavy atom. The fourth-order valence-corrected chi connectivity index (χ4v) is 2.44. The summed E-state index contributed by atoms with van der Waals surface area (Å²) in [6, 6.07) is 4.05. The van der Waals surface area contributed by atoms with E-state index >= 15 is 0 Å². The summed E-state index contributed by atoms with van der Waals surface area (Å²) < 4.78 is 0. The third-order valence-electron chi connectivity index (χ3n) is 2.58. The largest absolute Gasteiger partial charge is 0.346 e. The molecule has 2 heterocycles. The Kier molecular flexibility index (Phi) is 6.76. The van der Waals surface area contributed by atoms with Crippen molar-refractivity contribution in [3.05, 3.63) is 30.1 Å². The first-order valence-corrected chi connectivity index (χ1v) is 7.24. The van der Waals surface area contributed by atoms with Gasteiger partial charge in [-0.3, -0.25) is 4.99 Å². The van der Waals surface area contributed by atoms with Gasteiger partial charge < -0.3 is 4.98 Å². The highest BCUT2D eigenvalue weighted by Crippen LogP contribution is 2.17. The van der Waals surface area contributed by atoms with Gasteiger partial charge in [0.1, 0.15) is 5.65 Å². The number of terminal acetylenes is 1. The van der Waals surface area contributed by atoms with E-state index in [1.54, 1.807) is 6.20 Å². The van der Waals surface area contributed by atoms with Crippen LogP contribution in [0.15, 0.2) is 29.5 Å². The minimum Gasteiger partial charge on any atom is -0.346 e. The summed E-state index contributed by atoms with van der Waals surface area (Å²) in [7, 11) is 0. The molecule has 0 aliphatic heterocycles. The normalized spacial score (nSPS) is 11.1. The molecule has 0 aliphatic rings. The van der Waals surface area contributed by atoms with Gasteiger partial charge in [0.15, 0.2) is 0 Å². The van der Waals surface area contributed by atoms with Crippen molar-refractivity contribution in [2.45, 2.75) is 26.8 Å². The van der Waals surface area contributed by atoms with Crippen molar-refractivity contribution in [2.75, 3.05) is 5.75 Å². The standard InChI is InChI=1S/C13H17N3S.C2H2/c1-3-12(17-4-2)15-8-10-9-16-13-11(10)6-5-7-14-13;1-2/h5-7,9H,3-4,8H2,1-2H3,(H,14,16);1-2H. The number of aromatic nitrogens is 2. The smallest absolute Gasteiger partial charge is 0.137 e. The molecule has 0 aliphatic carbocycles. The van der Waals surface area contributed by atoms with E-state index in [1.165, 1.54) is 16.0 Å². The Balaban J connectivity index is 0.000000861. The third-order valence-corrected chi connectivity index (χ3v) is 3.62. The lowest BCUT2D eigenvalue weighted by atomic mass is 10.2. The van der Waals surface area contributed by atoms with Crippen LogP contribution in [0.3, 0.4) is 0 Å². The third kappa shape index (κ3) is 4.15. The van der Waals surface area contributed by atoms with E-state index in [1.807, 2.05) is 24.0 Å². The second-order valence-electron chi connectivity index (χ2n) is 3.71. The van der Waals surface area contributed by atoms with E-state index in [-0.39, 0.29) is 0 Å². The lowest BCUT2D eigenvalue weighted by molar-refractivity contribution is 1.07. The lowest BCUT2D eigenvalue weighted by Crippen LogP contribution is -1.92. The average molecular weight is 273 g/mol. The van der Waals surface area contributed by atoms with Gasteiger partial charge in [0.2, 0.25) is 0 Å². The number of aromatic amines is 1. The van der Waals surface area contributed by atoms with Gasteiger partial charge in [0.25, 0.3) is 0 Å². The fraction of sp³-hybridized carbons (Fsp3) is 0.333. The Labute approximate surface area is 118 Å². The van der Waals surface area contributed by atoms with Gasteiger partial charge in [0, 0.05) is 23.3 Å². The van der Waals surface area contributed by atoms with Crippen LogP contribution in [0.5, 0.6) is 0 Å². The molecule has 0 spiro atoms. The zero-order valence-corrected chi connectivity index (χ0v) is 12.2. The van der Waals surface area contributed by atoms with Gasteiger partial charge in [-0.1, -0.05) is 13.8 Å². The number of aliphatic imine (C=N–C) groups is 1. The Morgan fingerprint density at radius 3 is 2.89 bits per heavy atom. The number of rotatable bonds is 4. The first kappa shape index (κ1) is 15.3. The van der Waals surface area contributed by atoms with Crippen molar-refractivity contribution in [1.29, 1.82) is 0 Å². The highest BCUT2D eigenvalue weighted by atomic mass is 32.2. The number of H-pyrrole nitrogens is 1. The number of nitrogens with zero attached hydrogens (tertiary/aromatic N) is 2. The molecule has 2 aromatic rings. The second-order valence-corrected chi connectivity index (χ2v) is 5.05. The van der Waals surface area contributed by atoms with Crippen LogP contribution in [0.4, 0.5) is 0 Å². The maximum atomic E-state index is 4.66. The molecule has 0 fully saturated rings. The van der Waals surface area contributed by atoms with Crippen molar-refractivity contribution in [3.8, 4) is 12.8 Å². The minimum absolute atomic E-state index is 0.738. The van der Waals surface area contributed by atoms with Crippen LogP contribution in [0.2, 0.25) is 0 Å². The van der Waals surface area contributed by atoms with Crippen LogP contribution in [0, 0.1) is 12.8 Å². The Bertz CT molecular complexity index is 555. The first-order valence-electron chi connectivity index (χ1n) is 6.25. The number of nitrogens with one attached hydrogen (secondary N) is 1. The summed E-state index contributed by atoms with van der Waals surface area (Å²) in [5.74, 6) is 1.09. The maximum Gasteiger partial charge on any atom is 0.137 e. The molecule has 2 aromatic heterocycles. The number of hydrogen-bond acceptors (Lipinski definition) is 3. The molecule has 1 N–H and O–H groups in total. The lowest BCUT2D eigenvalue weighted by Gasteiger charge is -2.00. The van der Waals surface area contributed by atoms with E-state index in [0.29, 0.717) is 0 Å². The summed E-state index contributed by atoms with van der Waals surface area (Å²) in [6.45, 7) is 5.05. The van der Waals surface area contributed by atoms with Gasteiger partial charge in [-0.05, 0) is 24.3 Å². The highest BCUT2D eigenvalue weighted by molar-refractivity contribution is 8.13. The molecule has 3 nitrogen and oxygen atoms in total. The van der Waals surface area contributed by atoms with Crippen LogP contribution < -0.4 is 0 Å². The quantitative estimate of drug-likeness (QED) is 0.522. The second kappa shape index (κ2) is 8.39. The first-order chi connectivity index (χ1) is 9.35. The monoisotopic (exact) mass is 273 g/mol. The SMILES string of the molecule is C#C.CCSC(CC)=NCc1c[nH]c2ncccc12. The average Bonchev–Trinajstić information content (AvgIpc) is 2.89. The number of pyridine rings is 1. The van der Waals surface area contributed by atoms with Crippen molar-refractivity contribution in [3.63, 3.8) is 0 Å². The molecule has 0 aromatic carbocycles. The molecule has 0 saturated carbocycles. The van der Waals surface area contributed by atoms with Crippen LogP contribution in [-0.2, 0) is 6.54 Å². The minimum atomic E-state index is 0.738.